The first-order valence-corrected chi connectivity index (χ1v) is 5.63. The molecule has 1 aromatic rings. The van der Waals surface area contributed by atoms with Crippen LogP contribution in [0.3, 0.4) is 0 Å². The van der Waals surface area contributed by atoms with Crippen molar-refractivity contribution >= 4 is 17.0 Å². The van der Waals surface area contributed by atoms with Crippen LogP contribution < -0.4 is 0 Å². The quantitative estimate of drug-likeness (QED) is 0.569. The van der Waals surface area contributed by atoms with Crippen LogP contribution in [0.1, 0.15) is 15.9 Å². The lowest BCUT2D eigenvalue weighted by Crippen LogP contribution is -2.11. The van der Waals surface area contributed by atoms with Crippen molar-refractivity contribution < 1.29 is 18.3 Å². The van der Waals surface area contributed by atoms with E-state index in [0.717, 1.165) is 5.56 Å². The number of carbonyl (C=O) groups excluding carboxylic acids is 1. The molecule has 4 nitrogen and oxygen atoms in total. The van der Waals surface area contributed by atoms with Crippen LogP contribution >= 0.6 is 0 Å². The van der Waals surface area contributed by atoms with E-state index in [1.165, 1.54) is 0 Å². The first kappa shape index (κ1) is 11.9. The van der Waals surface area contributed by atoms with E-state index in [4.69, 9.17) is 4.74 Å². The lowest BCUT2D eigenvalue weighted by atomic mass is 10.1. The maximum Gasteiger partial charge on any atom is 0.338 e. The fourth-order valence-electron chi connectivity index (χ4n) is 0.975. The number of rotatable bonds is 4. The maximum absolute atomic E-state index is 11.3. The summed E-state index contributed by atoms with van der Waals surface area (Å²) in [6, 6.07) is 6.88. The van der Waals surface area contributed by atoms with Gasteiger partial charge in [-0.2, -0.15) is 0 Å². The molecule has 15 heavy (non-hydrogen) atoms. The van der Waals surface area contributed by atoms with E-state index in [-0.39, 0.29) is 12.4 Å². The molecular weight excluding hydrogens is 216 g/mol. The molecule has 0 aliphatic heterocycles. The van der Waals surface area contributed by atoms with Gasteiger partial charge in [-0.15, -0.1) is 0 Å². The van der Waals surface area contributed by atoms with Gasteiger partial charge in [0.1, 0.15) is 6.61 Å². The molecule has 82 valence electrons. The smallest absolute Gasteiger partial charge is 0.338 e. The normalized spacial score (nSPS) is 12.1. The second-order valence-corrected chi connectivity index (χ2v) is 4.03. The SMILES string of the molecule is Cc1ccc(C(=O)OCCS(=O)[O-])cc1. The lowest BCUT2D eigenvalue weighted by Gasteiger charge is -2.06. The number of esters is 1. The molecule has 0 aliphatic carbocycles. The molecule has 0 N–H and O–H groups in total. The van der Waals surface area contributed by atoms with Gasteiger partial charge in [0.25, 0.3) is 0 Å². The highest BCUT2D eigenvalue weighted by Crippen LogP contribution is 2.04. The van der Waals surface area contributed by atoms with Gasteiger partial charge in [0, 0.05) is 5.75 Å². The number of hydrogen-bond donors (Lipinski definition) is 0. The fraction of sp³-hybridized carbons (Fsp3) is 0.300. The topological polar surface area (TPSA) is 66.4 Å². The van der Waals surface area contributed by atoms with E-state index >= 15 is 0 Å². The number of aryl methyl sites for hydroxylation is 1. The summed E-state index contributed by atoms with van der Waals surface area (Å²) >= 11 is -2.17. The van der Waals surface area contributed by atoms with E-state index in [1.54, 1.807) is 24.3 Å². The van der Waals surface area contributed by atoms with Crippen LogP contribution in [-0.4, -0.2) is 27.1 Å². The zero-order chi connectivity index (χ0) is 11.3. The van der Waals surface area contributed by atoms with Crippen molar-refractivity contribution in [1.82, 2.24) is 0 Å². The van der Waals surface area contributed by atoms with Crippen molar-refractivity contribution in [2.75, 3.05) is 12.4 Å². The molecule has 1 unspecified atom stereocenters. The molecular formula is C10H11O4S-. The standard InChI is InChI=1S/C10H12O4S/c1-8-2-4-9(5-3-8)10(11)14-6-7-15(12)13/h2-5H,6-7H2,1H3,(H,12,13)/p-1. The third kappa shape index (κ3) is 4.22. The molecule has 5 heteroatoms. The predicted molar refractivity (Wildman–Crippen MR) is 55.2 cm³/mol. The molecule has 0 fully saturated rings. The molecule has 0 radical (unpaired) electrons. The van der Waals surface area contributed by atoms with Gasteiger partial charge < -0.3 is 9.29 Å². The summed E-state index contributed by atoms with van der Waals surface area (Å²) in [5.41, 5.74) is 1.48. The fourth-order valence-corrected chi connectivity index (χ4v) is 1.19. The van der Waals surface area contributed by atoms with Gasteiger partial charge in [-0.05, 0) is 19.1 Å². The molecule has 0 aliphatic rings. The number of hydrogen-bond acceptors (Lipinski definition) is 4. The average Bonchev–Trinajstić information content (AvgIpc) is 2.18. The monoisotopic (exact) mass is 227 g/mol. The zero-order valence-corrected chi connectivity index (χ0v) is 9.08. The predicted octanol–water partition coefficient (Wildman–Crippen LogP) is 1.03. The summed E-state index contributed by atoms with van der Waals surface area (Å²) < 4.78 is 25.1. The largest absolute Gasteiger partial charge is 0.772 e. The van der Waals surface area contributed by atoms with Crippen LogP contribution in [0.5, 0.6) is 0 Å². The summed E-state index contributed by atoms with van der Waals surface area (Å²) in [6.07, 6.45) is 0. The van der Waals surface area contributed by atoms with Gasteiger partial charge in [0.2, 0.25) is 0 Å². The first-order chi connectivity index (χ1) is 7.09. The molecule has 0 bridgehead atoms. The Balaban J connectivity index is 2.47. The highest BCUT2D eigenvalue weighted by Gasteiger charge is 2.05. The molecule has 0 aromatic heterocycles. The third-order valence-electron chi connectivity index (χ3n) is 1.77. The van der Waals surface area contributed by atoms with Gasteiger partial charge >= 0.3 is 5.97 Å². The Morgan fingerprint density at radius 3 is 2.53 bits per heavy atom. The average molecular weight is 227 g/mol. The summed E-state index contributed by atoms with van der Waals surface area (Å²) in [4.78, 5) is 11.3. The highest BCUT2D eigenvalue weighted by atomic mass is 32.2. The van der Waals surface area contributed by atoms with Crippen molar-refractivity contribution in [1.29, 1.82) is 0 Å². The second kappa shape index (κ2) is 5.63. The third-order valence-corrected chi connectivity index (χ3v) is 2.27. The molecule has 0 heterocycles. The minimum atomic E-state index is -2.17. The van der Waals surface area contributed by atoms with Crippen LogP contribution in [0.15, 0.2) is 24.3 Å². The summed E-state index contributed by atoms with van der Waals surface area (Å²) in [6.45, 7) is 1.80. The first-order valence-electron chi connectivity index (χ1n) is 4.39. The minimum absolute atomic E-state index is 0.108. The van der Waals surface area contributed by atoms with Gasteiger partial charge in [0.15, 0.2) is 0 Å². The van der Waals surface area contributed by atoms with E-state index in [2.05, 4.69) is 0 Å². The molecule has 1 aromatic carbocycles. The minimum Gasteiger partial charge on any atom is -0.772 e. The Morgan fingerprint density at radius 1 is 1.40 bits per heavy atom. The number of ether oxygens (including phenoxy) is 1. The molecule has 1 atom stereocenters. The Hall–Kier alpha value is -1.20. The van der Waals surface area contributed by atoms with E-state index < -0.39 is 17.0 Å². The maximum atomic E-state index is 11.3. The van der Waals surface area contributed by atoms with E-state index in [0.29, 0.717) is 5.56 Å². The van der Waals surface area contributed by atoms with E-state index in [9.17, 15) is 13.6 Å². The van der Waals surface area contributed by atoms with Crippen molar-refractivity contribution in [3.63, 3.8) is 0 Å². The molecule has 0 amide bonds. The Labute approximate surface area is 90.5 Å². The summed E-state index contributed by atoms with van der Waals surface area (Å²) in [5, 5.41) is 0. The Kier molecular flexibility index (Phi) is 4.45. The van der Waals surface area contributed by atoms with Crippen molar-refractivity contribution in [2.24, 2.45) is 0 Å². The molecule has 0 saturated heterocycles. The highest BCUT2D eigenvalue weighted by molar-refractivity contribution is 7.79. The summed E-state index contributed by atoms with van der Waals surface area (Å²) in [5.74, 6) is -0.669. The van der Waals surface area contributed by atoms with Gasteiger partial charge in [-0.3, -0.25) is 4.21 Å². The van der Waals surface area contributed by atoms with E-state index in [1.807, 2.05) is 6.92 Å². The van der Waals surface area contributed by atoms with Crippen LogP contribution in [0, 0.1) is 6.92 Å². The molecule has 1 rings (SSSR count). The van der Waals surface area contributed by atoms with Crippen molar-refractivity contribution in [2.45, 2.75) is 6.92 Å². The van der Waals surface area contributed by atoms with Gasteiger partial charge in [-0.25, -0.2) is 4.79 Å². The summed E-state index contributed by atoms with van der Waals surface area (Å²) in [7, 11) is 0. The van der Waals surface area contributed by atoms with Crippen LogP contribution in [0.4, 0.5) is 0 Å². The van der Waals surface area contributed by atoms with Crippen LogP contribution in [-0.2, 0) is 15.8 Å². The molecule has 0 spiro atoms. The second-order valence-electron chi connectivity index (χ2n) is 3.01. The van der Waals surface area contributed by atoms with Gasteiger partial charge in [-0.1, -0.05) is 28.8 Å². The molecule has 0 saturated carbocycles. The number of carbonyl (C=O) groups is 1. The number of benzene rings is 1. The van der Waals surface area contributed by atoms with Crippen molar-refractivity contribution in [3.05, 3.63) is 35.4 Å². The lowest BCUT2D eigenvalue weighted by molar-refractivity contribution is 0.0529. The van der Waals surface area contributed by atoms with Crippen molar-refractivity contribution in [3.8, 4) is 0 Å². The van der Waals surface area contributed by atoms with Crippen LogP contribution in [0.2, 0.25) is 0 Å². The Morgan fingerprint density at radius 2 is 2.00 bits per heavy atom. The van der Waals surface area contributed by atoms with Gasteiger partial charge in [0.05, 0.1) is 5.56 Å². The van der Waals surface area contributed by atoms with Crippen LogP contribution in [0.25, 0.3) is 0 Å². The Bertz CT molecular complexity index is 358. The zero-order valence-electron chi connectivity index (χ0n) is 8.26.